The van der Waals surface area contributed by atoms with Crippen LogP contribution in [0.2, 0.25) is 5.02 Å². The van der Waals surface area contributed by atoms with Gasteiger partial charge in [0.1, 0.15) is 0 Å². The van der Waals surface area contributed by atoms with Crippen molar-refractivity contribution in [3.05, 3.63) is 34.9 Å². The van der Waals surface area contributed by atoms with Crippen molar-refractivity contribution in [1.29, 1.82) is 0 Å². The lowest BCUT2D eigenvalue weighted by molar-refractivity contribution is 0.0954. The zero-order chi connectivity index (χ0) is 12.5. The molecular formula is C14H15ClN2O. The average molecular weight is 263 g/mol. The first-order chi connectivity index (χ1) is 8.74. The highest BCUT2D eigenvalue weighted by Gasteiger charge is 2.36. The lowest BCUT2D eigenvalue weighted by atomic mass is 9.99. The third-order valence-corrected chi connectivity index (χ3v) is 4.26. The maximum atomic E-state index is 11.9. The first-order valence-corrected chi connectivity index (χ1v) is 6.73. The van der Waals surface area contributed by atoms with E-state index >= 15 is 0 Å². The monoisotopic (exact) mass is 262 g/mol. The Kier molecular flexibility index (Phi) is 3.08. The van der Waals surface area contributed by atoms with Crippen LogP contribution in [0.25, 0.3) is 0 Å². The lowest BCUT2D eigenvalue weighted by Crippen LogP contribution is -2.22. The molecule has 0 radical (unpaired) electrons. The van der Waals surface area contributed by atoms with E-state index in [9.17, 15) is 4.79 Å². The van der Waals surface area contributed by atoms with Crippen molar-refractivity contribution in [2.24, 2.45) is 16.9 Å². The van der Waals surface area contributed by atoms with Gasteiger partial charge in [-0.25, -0.2) is 5.43 Å². The Morgan fingerprint density at radius 1 is 1.33 bits per heavy atom. The number of nitrogens with one attached hydrogen (secondary N) is 1. The van der Waals surface area contributed by atoms with Crippen molar-refractivity contribution >= 4 is 23.2 Å². The second-order valence-corrected chi connectivity index (χ2v) is 5.51. The van der Waals surface area contributed by atoms with E-state index in [2.05, 4.69) is 10.5 Å². The quantitative estimate of drug-likeness (QED) is 0.817. The maximum absolute atomic E-state index is 11.9. The fourth-order valence-corrected chi connectivity index (χ4v) is 3.21. The van der Waals surface area contributed by atoms with Gasteiger partial charge in [0.05, 0.1) is 10.6 Å². The van der Waals surface area contributed by atoms with E-state index < -0.39 is 0 Å². The van der Waals surface area contributed by atoms with Crippen molar-refractivity contribution < 1.29 is 4.79 Å². The number of benzene rings is 1. The highest BCUT2D eigenvalue weighted by atomic mass is 35.5. The van der Waals surface area contributed by atoms with E-state index in [1.54, 1.807) is 24.3 Å². The molecule has 3 nitrogen and oxygen atoms in total. The van der Waals surface area contributed by atoms with Crippen molar-refractivity contribution in [3.8, 4) is 0 Å². The summed E-state index contributed by atoms with van der Waals surface area (Å²) in [6.07, 6.45) is 4.85. The van der Waals surface area contributed by atoms with Gasteiger partial charge < -0.3 is 0 Å². The molecule has 94 valence electrons. The topological polar surface area (TPSA) is 41.5 Å². The summed E-state index contributed by atoms with van der Waals surface area (Å²) in [5, 5.41) is 4.74. The molecule has 1 N–H and O–H groups in total. The van der Waals surface area contributed by atoms with E-state index in [1.165, 1.54) is 19.3 Å². The Bertz CT molecular complexity index is 512. The van der Waals surface area contributed by atoms with Crippen LogP contribution in [0.5, 0.6) is 0 Å². The minimum absolute atomic E-state index is 0.226. The van der Waals surface area contributed by atoms with Crippen molar-refractivity contribution in [2.45, 2.75) is 25.7 Å². The Balaban J connectivity index is 1.69. The molecule has 2 aliphatic carbocycles. The fraction of sp³-hybridized carbons (Fsp3) is 0.429. The third-order valence-electron chi connectivity index (χ3n) is 3.93. The van der Waals surface area contributed by atoms with Crippen molar-refractivity contribution in [1.82, 2.24) is 5.43 Å². The molecule has 1 aromatic rings. The molecule has 0 spiro atoms. The minimum atomic E-state index is -0.226. The van der Waals surface area contributed by atoms with Gasteiger partial charge in [-0.15, -0.1) is 0 Å². The molecule has 2 unspecified atom stereocenters. The second-order valence-electron chi connectivity index (χ2n) is 5.10. The number of amides is 1. The summed E-state index contributed by atoms with van der Waals surface area (Å²) in [6, 6.07) is 7.02. The molecule has 0 aromatic heterocycles. The van der Waals surface area contributed by atoms with E-state index in [0.29, 0.717) is 16.5 Å². The third kappa shape index (κ3) is 2.15. The molecule has 0 saturated heterocycles. The van der Waals surface area contributed by atoms with Crippen LogP contribution in [-0.2, 0) is 0 Å². The van der Waals surface area contributed by atoms with Crippen LogP contribution in [-0.4, -0.2) is 11.6 Å². The van der Waals surface area contributed by atoms with Gasteiger partial charge in [0.15, 0.2) is 0 Å². The summed E-state index contributed by atoms with van der Waals surface area (Å²) in [5.74, 6) is 1.17. The van der Waals surface area contributed by atoms with Gasteiger partial charge in [-0.05, 0) is 49.7 Å². The van der Waals surface area contributed by atoms with E-state index in [-0.39, 0.29) is 5.91 Å². The number of carbonyl (C=O) groups is 1. The number of rotatable bonds is 2. The van der Waals surface area contributed by atoms with Gasteiger partial charge in [-0.3, -0.25) is 4.79 Å². The molecule has 18 heavy (non-hydrogen) atoms. The number of carbonyl (C=O) groups excluding carboxylic acids is 1. The highest BCUT2D eigenvalue weighted by Crippen LogP contribution is 2.42. The molecule has 2 bridgehead atoms. The number of halogens is 1. The normalized spacial score (nSPS) is 27.7. The largest absolute Gasteiger partial charge is 0.272 e. The van der Waals surface area contributed by atoms with Crippen molar-refractivity contribution in [3.63, 3.8) is 0 Å². The zero-order valence-corrected chi connectivity index (χ0v) is 10.8. The predicted molar refractivity (Wildman–Crippen MR) is 71.8 cm³/mol. The van der Waals surface area contributed by atoms with Crippen LogP contribution in [0.4, 0.5) is 0 Å². The Labute approximate surface area is 111 Å². The molecule has 3 rings (SSSR count). The van der Waals surface area contributed by atoms with Crippen LogP contribution in [0.1, 0.15) is 36.0 Å². The summed E-state index contributed by atoms with van der Waals surface area (Å²) in [5.41, 5.74) is 4.27. The van der Waals surface area contributed by atoms with Gasteiger partial charge in [0.25, 0.3) is 5.91 Å². The SMILES string of the molecule is O=C(N/N=C1/CC2CCC1C2)c1ccccc1Cl. The Morgan fingerprint density at radius 3 is 2.83 bits per heavy atom. The van der Waals surface area contributed by atoms with Gasteiger partial charge in [-0.1, -0.05) is 23.7 Å². The molecule has 2 aliphatic rings. The zero-order valence-electron chi connectivity index (χ0n) is 10.0. The van der Waals surface area contributed by atoms with Crippen molar-refractivity contribution in [2.75, 3.05) is 0 Å². The maximum Gasteiger partial charge on any atom is 0.272 e. The predicted octanol–water partition coefficient (Wildman–Crippen LogP) is 3.25. The number of fused-ring (bicyclic) bond motifs is 2. The summed E-state index contributed by atoms with van der Waals surface area (Å²) in [7, 11) is 0. The number of hydrogen-bond acceptors (Lipinski definition) is 2. The molecule has 0 aliphatic heterocycles. The van der Waals surface area contributed by atoms with Gasteiger partial charge in [-0.2, -0.15) is 5.10 Å². The highest BCUT2D eigenvalue weighted by molar-refractivity contribution is 6.33. The number of hydrazone groups is 1. The molecule has 4 heteroatoms. The second kappa shape index (κ2) is 4.73. The standard InChI is InChI=1S/C14H15ClN2O/c15-12-4-2-1-3-11(12)14(18)17-16-13-8-9-5-6-10(13)7-9/h1-4,9-10H,5-8H2,(H,17,18)/b16-13-. The minimum Gasteiger partial charge on any atom is -0.267 e. The summed E-state index contributed by atoms with van der Waals surface area (Å²) in [4.78, 5) is 11.9. The summed E-state index contributed by atoms with van der Waals surface area (Å²) >= 11 is 5.97. The first-order valence-electron chi connectivity index (χ1n) is 6.35. The van der Waals surface area contributed by atoms with Gasteiger partial charge in [0.2, 0.25) is 0 Å². The van der Waals surface area contributed by atoms with Crippen LogP contribution in [0.15, 0.2) is 29.4 Å². The number of nitrogens with zero attached hydrogens (tertiary/aromatic N) is 1. The molecule has 2 atom stereocenters. The van der Waals surface area contributed by atoms with Crippen LogP contribution >= 0.6 is 11.6 Å². The van der Waals surface area contributed by atoms with E-state index in [1.807, 2.05) is 0 Å². The van der Waals surface area contributed by atoms with Crippen LogP contribution < -0.4 is 5.43 Å². The van der Waals surface area contributed by atoms with Crippen LogP contribution in [0, 0.1) is 11.8 Å². The summed E-state index contributed by atoms with van der Waals surface area (Å²) in [6.45, 7) is 0. The van der Waals surface area contributed by atoms with Crippen LogP contribution in [0.3, 0.4) is 0 Å². The average Bonchev–Trinajstić information content (AvgIpc) is 2.98. The summed E-state index contributed by atoms with van der Waals surface area (Å²) < 4.78 is 0. The smallest absolute Gasteiger partial charge is 0.267 e. The lowest BCUT2D eigenvalue weighted by Gasteiger charge is -2.11. The molecule has 1 amide bonds. The van der Waals surface area contributed by atoms with Gasteiger partial charge in [0, 0.05) is 5.71 Å². The fourth-order valence-electron chi connectivity index (χ4n) is 2.99. The Morgan fingerprint density at radius 2 is 2.17 bits per heavy atom. The first kappa shape index (κ1) is 11.7. The van der Waals surface area contributed by atoms with Gasteiger partial charge >= 0.3 is 0 Å². The molecule has 2 fully saturated rings. The molecule has 2 saturated carbocycles. The molecule has 0 heterocycles. The van der Waals surface area contributed by atoms with E-state index in [4.69, 9.17) is 11.6 Å². The number of hydrogen-bond donors (Lipinski definition) is 1. The molecule has 1 aromatic carbocycles. The Hall–Kier alpha value is -1.35. The van der Waals surface area contributed by atoms with E-state index in [0.717, 1.165) is 18.1 Å². The molecular weight excluding hydrogens is 248 g/mol.